The molecule has 1 aromatic rings. The molecule has 0 aliphatic carbocycles. The summed E-state index contributed by atoms with van der Waals surface area (Å²) in [6.07, 6.45) is 2.31. The minimum atomic E-state index is -0.0551. The SMILES string of the molecule is CCNC(=O)c1ccc(N)c(N2CCC(OC)CC2)c1. The highest BCUT2D eigenvalue weighted by atomic mass is 16.5. The number of nitrogens with one attached hydrogen (secondary N) is 1. The lowest BCUT2D eigenvalue weighted by molar-refractivity contribution is 0.0819. The highest BCUT2D eigenvalue weighted by Crippen LogP contribution is 2.28. The van der Waals surface area contributed by atoms with E-state index in [9.17, 15) is 4.79 Å². The molecule has 0 spiro atoms. The Morgan fingerprint density at radius 3 is 2.75 bits per heavy atom. The van der Waals surface area contributed by atoms with Crippen molar-refractivity contribution in [1.29, 1.82) is 0 Å². The zero-order valence-electron chi connectivity index (χ0n) is 12.2. The van der Waals surface area contributed by atoms with Crippen molar-refractivity contribution in [3.8, 4) is 0 Å². The molecule has 2 rings (SSSR count). The molecule has 0 unspecified atom stereocenters. The highest BCUT2D eigenvalue weighted by Gasteiger charge is 2.21. The second-order valence-electron chi connectivity index (χ2n) is 5.06. The Balaban J connectivity index is 2.15. The summed E-state index contributed by atoms with van der Waals surface area (Å²) in [5, 5.41) is 2.81. The molecular weight excluding hydrogens is 254 g/mol. The van der Waals surface area contributed by atoms with Crippen molar-refractivity contribution in [3.05, 3.63) is 23.8 Å². The fourth-order valence-electron chi connectivity index (χ4n) is 2.55. The van der Waals surface area contributed by atoms with Gasteiger partial charge < -0.3 is 20.7 Å². The van der Waals surface area contributed by atoms with Crippen molar-refractivity contribution in [2.45, 2.75) is 25.9 Å². The van der Waals surface area contributed by atoms with E-state index in [1.165, 1.54) is 0 Å². The topological polar surface area (TPSA) is 67.6 Å². The van der Waals surface area contributed by atoms with Crippen molar-refractivity contribution in [2.75, 3.05) is 37.4 Å². The van der Waals surface area contributed by atoms with Crippen molar-refractivity contribution >= 4 is 17.3 Å². The maximum absolute atomic E-state index is 11.9. The fraction of sp³-hybridized carbons (Fsp3) is 0.533. The molecule has 0 saturated carbocycles. The van der Waals surface area contributed by atoms with Crippen molar-refractivity contribution < 1.29 is 9.53 Å². The number of hydrogen-bond donors (Lipinski definition) is 2. The van der Waals surface area contributed by atoms with Gasteiger partial charge in [0.25, 0.3) is 5.91 Å². The number of benzene rings is 1. The van der Waals surface area contributed by atoms with Crippen LogP contribution in [0.25, 0.3) is 0 Å². The molecule has 20 heavy (non-hydrogen) atoms. The van der Waals surface area contributed by atoms with Crippen LogP contribution in [0.5, 0.6) is 0 Å². The van der Waals surface area contributed by atoms with E-state index in [1.54, 1.807) is 13.2 Å². The number of carbonyl (C=O) groups is 1. The first-order valence-corrected chi connectivity index (χ1v) is 7.11. The molecule has 110 valence electrons. The van der Waals surface area contributed by atoms with Gasteiger partial charge in [-0.25, -0.2) is 0 Å². The number of nitrogens with two attached hydrogens (primary N) is 1. The maximum Gasteiger partial charge on any atom is 0.251 e. The van der Waals surface area contributed by atoms with E-state index in [4.69, 9.17) is 10.5 Å². The number of ether oxygens (including phenoxy) is 1. The van der Waals surface area contributed by atoms with E-state index in [0.717, 1.165) is 31.6 Å². The number of amides is 1. The maximum atomic E-state index is 11.9. The number of methoxy groups -OCH3 is 1. The molecule has 0 bridgehead atoms. The summed E-state index contributed by atoms with van der Waals surface area (Å²) in [5.41, 5.74) is 8.38. The Kier molecular flexibility index (Phi) is 4.84. The van der Waals surface area contributed by atoms with E-state index in [2.05, 4.69) is 10.2 Å². The molecule has 1 aliphatic rings. The van der Waals surface area contributed by atoms with Crippen molar-refractivity contribution in [3.63, 3.8) is 0 Å². The van der Waals surface area contributed by atoms with Crippen molar-refractivity contribution in [1.82, 2.24) is 5.32 Å². The van der Waals surface area contributed by atoms with Crippen LogP contribution >= 0.6 is 0 Å². The normalized spacial score (nSPS) is 16.2. The minimum absolute atomic E-state index is 0.0551. The Labute approximate surface area is 120 Å². The highest BCUT2D eigenvalue weighted by molar-refractivity contribution is 5.96. The molecule has 1 aliphatic heterocycles. The molecule has 5 heteroatoms. The predicted octanol–water partition coefficient (Wildman–Crippen LogP) is 1.63. The van der Waals surface area contributed by atoms with Gasteiger partial charge in [0.15, 0.2) is 0 Å². The van der Waals surface area contributed by atoms with E-state index in [-0.39, 0.29) is 5.91 Å². The van der Waals surface area contributed by atoms with Crippen LogP contribution in [0.2, 0.25) is 0 Å². The summed E-state index contributed by atoms with van der Waals surface area (Å²) in [6.45, 7) is 4.34. The van der Waals surface area contributed by atoms with Crippen LogP contribution in [0.1, 0.15) is 30.1 Å². The van der Waals surface area contributed by atoms with Gasteiger partial charge in [0.1, 0.15) is 0 Å². The van der Waals surface area contributed by atoms with Gasteiger partial charge in [-0.05, 0) is 38.0 Å². The average Bonchev–Trinajstić information content (AvgIpc) is 2.48. The molecule has 0 aromatic heterocycles. The van der Waals surface area contributed by atoms with Gasteiger partial charge in [-0.15, -0.1) is 0 Å². The Morgan fingerprint density at radius 1 is 1.45 bits per heavy atom. The average molecular weight is 277 g/mol. The predicted molar refractivity (Wildman–Crippen MR) is 81.1 cm³/mol. The third-order valence-electron chi connectivity index (χ3n) is 3.75. The van der Waals surface area contributed by atoms with Crippen LogP contribution in [0.3, 0.4) is 0 Å². The van der Waals surface area contributed by atoms with Crippen LogP contribution in [-0.2, 0) is 4.74 Å². The van der Waals surface area contributed by atoms with Gasteiger partial charge in [-0.3, -0.25) is 4.79 Å². The Bertz CT molecular complexity index is 468. The summed E-state index contributed by atoms with van der Waals surface area (Å²) >= 11 is 0. The second kappa shape index (κ2) is 6.61. The number of carbonyl (C=O) groups excluding carboxylic acids is 1. The fourth-order valence-corrected chi connectivity index (χ4v) is 2.55. The van der Waals surface area contributed by atoms with E-state index in [1.807, 2.05) is 19.1 Å². The largest absolute Gasteiger partial charge is 0.397 e. The molecule has 1 fully saturated rings. The Hall–Kier alpha value is -1.75. The van der Waals surface area contributed by atoms with E-state index < -0.39 is 0 Å². The quantitative estimate of drug-likeness (QED) is 0.821. The zero-order chi connectivity index (χ0) is 14.5. The molecule has 5 nitrogen and oxygen atoms in total. The number of anilines is 2. The third-order valence-corrected chi connectivity index (χ3v) is 3.75. The number of piperidine rings is 1. The lowest BCUT2D eigenvalue weighted by Crippen LogP contribution is -2.37. The summed E-state index contributed by atoms with van der Waals surface area (Å²) in [7, 11) is 1.75. The van der Waals surface area contributed by atoms with E-state index >= 15 is 0 Å². The van der Waals surface area contributed by atoms with Gasteiger partial charge in [-0.1, -0.05) is 0 Å². The van der Waals surface area contributed by atoms with Gasteiger partial charge >= 0.3 is 0 Å². The lowest BCUT2D eigenvalue weighted by Gasteiger charge is -2.33. The van der Waals surface area contributed by atoms with Crippen LogP contribution in [-0.4, -0.2) is 38.8 Å². The summed E-state index contributed by atoms with van der Waals surface area (Å²) < 4.78 is 5.38. The van der Waals surface area contributed by atoms with Crippen molar-refractivity contribution in [2.24, 2.45) is 0 Å². The summed E-state index contributed by atoms with van der Waals surface area (Å²) in [4.78, 5) is 14.1. The molecule has 1 heterocycles. The molecular formula is C15H23N3O2. The minimum Gasteiger partial charge on any atom is -0.397 e. The van der Waals surface area contributed by atoms with Crippen LogP contribution in [0.15, 0.2) is 18.2 Å². The molecule has 0 radical (unpaired) electrons. The van der Waals surface area contributed by atoms with Crippen LogP contribution in [0, 0.1) is 0 Å². The first-order chi connectivity index (χ1) is 9.65. The Morgan fingerprint density at radius 2 is 2.15 bits per heavy atom. The zero-order valence-corrected chi connectivity index (χ0v) is 12.2. The molecule has 3 N–H and O–H groups in total. The van der Waals surface area contributed by atoms with E-state index in [0.29, 0.717) is 23.9 Å². The smallest absolute Gasteiger partial charge is 0.251 e. The summed E-state index contributed by atoms with van der Waals surface area (Å²) in [5.74, 6) is -0.0551. The molecule has 1 aromatic carbocycles. The van der Waals surface area contributed by atoms with Gasteiger partial charge in [0.2, 0.25) is 0 Å². The second-order valence-corrected chi connectivity index (χ2v) is 5.06. The monoisotopic (exact) mass is 277 g/mol. The third kappa shape index (κ3) is 3.22. The molecule has 0 atom stereocenters. The van der Waals surface area contributed by atoms with Gasteiger partial charge in [-0.2, -0.15) is 0 Å². The lowest BCUT2D eigenvalue weighted by atomic mass is 10.1. The number of nitrogens with zero attached hydrogens (tertiary/aromatic N) is 1. The first-order valence-electron chi connectivity index (χ1n) is 7.11. The number of hydrogen-bond acceptors (Lipinski definition) is 4. The van der Waals surface area contributed by atoms with Crippen LogP contribution < -0.4 is 16.0 Å². The summed E-state index contributed by atoms with van der Waals surface area (Å²) in [6, 6.07) is 5.46. The van der Waals surface area contributed by atoms with Crippen LogP contribution in [0.4, 0.5) is 11.4 Å². The first kappa shape index (κ1) is 14.7. The van der Waals surface area contributed by atoms with Gasteiger partial charge in [0.05, 0.1) is 17.5 Å². The van der Waals surface area contributed by atoms with Gasteiger partial charge in [0, 0.05) is 32.3 Å². The molecule has 1 amide bonds. The number of rotatable bonds is 4. The molecule has 1 saturated heterocycles. The number of nitrogen functional groups attached to an aromatic ring is 1. The standard InChI is InChI=1S/C15H23N3O2/c1-3-17-15(19)11-4-5-13(16)14(10-11)18-8-6-12(20-2)7-9-18/h4-5,10,12H,3,6-9,16H2,1-2H3,(H,17,19).